The zero-order valence-electron chi connectivity index (χ0n) is 41.7. The second-order valence-corrected chi connectivity index (χ2v) is 17.3. The number of carboxylic acid groups (broad SMARTS) is 2. The Balaban J connectivity index is 2.93. The van der Waals surface area contributed by atoms with Crippen LogP contribution >= 0.6 is 0 Å². The van der Waals surface area contributed by atoms with Gasteiger partial charge >= 0.3 is 23.9 Å². The highest BCUT2D eigenvalue weighted by Crippen LogP contribution is 2.14. The number of urea groups is 1. The van der Waals surface area contributed by atoms with Crippen molar-refractivity contribution in [2.75, 3.05) is 64.7 Å². The summed E-state index contributed by atoms with van der Waals surface area (Å²) in [4.78, 5) is 125. The third kappa shape index (κ3) is 29.5. The normalized spacial score (nSPS) is 12.8. The summed E-state index contributed by atoms with van der Waals surface area (Å²) in [5.74, 6) is -7.96. The number of ketones is 1. The van der Waals surface area contributed by atoms with E-state index in [1.807, 2.05) is 13.8 Å². The SMILES string of the molecule is CC(C)C(=O)CCOCCOCCOCCOCCC(=O)N[C@@H](CCC(=O)O)C(=O)N[C@@H](CCC(=O)O)C(=O)N[C@H](C(=O)N[C@@H](CCCNC(N)=O)C(=O)Nc1ccc(COC(=O)C(C)C)cc1)C(C)C. The summed E-state index contributed by atoms with van der Waals surface area (Å²) in [6, 6.07) is -0.00577. The molecular formula is C47H75N7O17. The van der Waals surface area contributed by atoms with Crippen LogP contribution in [0, 0.1) is 17.8 Å². The molecule has 1 aromatic carbocycles. The first-order chi connectivity index (χ1) is 33.6. The Kier molecular flexibility index (Phi) is 31.6. The van der Waals surface area contributed by atoms with Gasteiger partial charge in [0.2, 0.25) is 29.5 Å². The molecule has 0 heterocycles. The number of primary amides is 1. The highest BCUT2D eigenvalue weighted by atomic mass is 16.6. The van der Waals surface area contributed by atoms with Crippen molar-refractivity contribution in [1.82, 2.24) is 26.6 Å². The minimum atomic E-state index is -1.58. The number of anilines is 1. The second kappa shape index (κ2) is 35.8. The van der Waals surface area contributed by atoms with E-state index < -0.39 is 103 Å². The zero-order valence-corrected chi connectivity index (χ0v) is 41.7. The van der Waals surface area contributed by atoms with Crippen molar-refractivity contribution in [2.24, 2.45) is 23.5 Å². The number of nitrogens with one attached hydrogen (secondary N) is 6. The van der Waals surface area contributed by atoms with Crippen LogP contribution in [-0.2, 0) is 73.4 Å². The lowest BCUT2D eigenvalue weighted by atomic mass is 10.0. The molecule has 4 atom stereocenters. The number of hydrogen-bond acceptors (Lipinski definition) is 15. The number of rotatable bonds is 39. The number of carboxylic acids is 2. The van der Waals surface area contributed by atoms with Crippen molar-refractivity contribution in [1.29, 1.82) is 0 Å². The fraction of sp³-hybridized carbons (Fsp3) is 0.660. The number of esters is 1. The van der Waals surface area contributed by atoms with Crippen molar-refractivity contribution >= 4 is 64.9 Å². The zero-order chi connectivity index (χ0) is 53.3. The van der Waals surface area contributed by atoms with Crippen LogP contribution < -0.4 is 37.6 Å². The molecule has 0 aromatic heterocycles. The predicted molar refractivity (Wildman–Crippen MR) is 255 cm³/mol. The van der Waals surface area contributed by atoms with Gasteiger partial charge in [-0.1, -0.05) is 53.7 Å². The summed E-state index contributed by atoms with van der Waals surface area (Å²) in [7, 11) is 0. The molecule has 400 valence electrons. The van der Waals surface area contributed by atoms with Crippen LogP contribution in [0.3, 0.4) is 0 Å². The lowest BCUT2D eigenvalue weighted by molar-refractivity contribution is -0.148. The van der Waals surface area contributed by atoms with Gasteiger partial charge in [-0.05, 0) is 49.3 Å². The van der Waals surface area contributed by atoms with Gasteiger partial charge in [-0.3, -0.25) is 43.2 Å². The van der Waals surface area contributed by atoms with Gasteiger partial charge in [0.1, 0.15) is 36.6 Å². The first-order valence-electron chi connectivity index (χ1n) is 23.7. The Morgan fingerprint density at radius 1 is 0.549 bits per heavy atom. The minimum Gasteiger partial charge on any atom is -0.481 e. The topological polar surface area (TPSA) is 356 Å². The highest BCUT2D eigenvalue weighted by molar-refractivity contribution is 5.99. The molecule has 0 saturated carbocycles. The molecule has 1 rings (SSSR count). The van der Waals surface area contributed by atoms with Gasteiger partial charge in [-0.15, -0.1) is 0 Å². The Hall–Kier alpha value is -6.24. The maximum absolute atomic E-state index is 13.8. The van der Waals surface area contributed by atoms with E-state index in [4.69, 9.17) is 29.4 Å². The first kappa shape index (κ1) is 62.8. The average Bonchev–Trinajstić information content (AvgIpc) is 3.30. The first-order valence-corrected chi connectivity index (χ1v) is 23.7. The molecule has 1 aromatic rings. The molecule has 0 aliphatic rings. The summed E-state index contributed by atoms with van der Waals surface area (Å²) in [6.07, 6.45) is -1.73. The lowest BCUT2D eigenvalue weighted by Gasteiger charge is -2.28. The van der Waals surface area contributed by atoms with Crippen LogP contribution in [0.5, 0.6) is 0 Å². The van der Waals surface area contributed by atoms with Gasteiger partial charge in [0.15, 0.2) is 0 Å². The fourth-order valence-electron chi connectivity index (χ4n) is 6.07. The summed E-state index contributed by atoms with van der Waals surface area (Å²) < 4.78 is 26.9. The lowest BCUT2D eigenvalue weighted by Crippen LogP contribution is -2.59. The predicted octanol–water partition coefficient (Wildman–Crippen LogP) is 1.17. The largest absolute Gasteiger partial charge is 0.481 e. The molecule has 0 bridgehead atoms. The van der Waals surface area contributed by atoms with E-state index in [-0.39, 0.29) is 82.4 Å². The van der Waals surface area contributed by atoms with Gasteiger partial charge in [0.25, 0.3) is 0 Å². The molecule has 0 fully saturated rings. The monoisotopic (exact) mass is 1010 g/mol. The molecule has 10 N–H and O–H groups in total. The molecule has 24 nitrogen and oxygen atoms in total. The Morgan fingerprint density at radius 3 is 1.52 bits per heavy atom. The van der Waals surface area contributed by atoms with E-state index in [1.54, 1.807) is 52.0 Å². The summed E-state index contributed by atoms with van der Waals surface area (Å²) in [5, 5.41) is 33.9. The quantitative estimate of drug-likeness (QED) is 0.0330. The number of benzene rings is 1. The van der Waals surface area contributed by atoms with Crippen LogP contribution in [-0.4, -0.2) is 153 Å². The fourth-order valence-corrected chi connectivity index (χ4v) is 6.07. The standard InChI is InChI=1S/C47H75N7O17/c1-29(2)37(55)17-20-67-22-24-69-26-27-70-25-23-68-21-18-38(56)51-35(13-15-39(57)58)43(62)52-36(14-16-40(59)60)44(63)54-41(30(3)4)45(64)53-34(8-7-19-49-47(48)66)42(61)50-33-11-9-32(10-12-33)28-71-46(65)31(5)6/h9-12,29-31,34-36,41H,7-8,13-28H2,1-6H3,(H,50,61)(H,51,56)(H,52,62)(H,53,64)(H,54,63)(H,57,58)(H,59,60)(H3,48,49,66)/t34-,35-,36-,41-/m0/s1. The maximum atomic E-state index is 13.8. The van der Waals surface area contributed by atoms with Crippen molar-refractivity contribution in [3.8, 4) is 0 Å². The molecule has 7 amide bonds. The molecular weight excluding hydrogens is 935 g/mol. The average molecular weight is 1010 g/mol. The van der Waals surface area contributed by atoms with Gasteiger partial charge in [0, 0.05) is 43.8 Å². The summed E-state index contributed by atoms with van der Waals surface area (Å²) >= 11 is 0. The molecule has 0 aliphatic heterocycles. The number of carbonyl (C=O) groups excluding carboxylic acids is 8. The molecule has 0 aliphatic carbocycles. The summed E-state index contributed by atoms with van der Waals surface area (Å²) in [6.45, 7) is 12.1. The maximum Gasteiger partial charge on any atom is 0.312 e. The molecule has 0 spiro atoms. The van der Waals surface area contributed by atoms with Gasteiger partial charge < -0.3 is 71.5 Å². The Labute approximate surface area is 414 Å². The van der Waals surface area contributed by atoms with Crippen LogP contribution in [0.15, 0.2) is 24.3 Å². The smallest absolute Gasteiger partial charge is 0.312 e. The van der Waals surface area contributed by atoms with Crippen molar-refractivity contribution in [2.45, 2.75) is 124 Å². The van der Waals surface area contributed by atoms with Crippen molar-refractivity contribution < 1.29 is 81.8 Å². The summed E-state index contributed by atoms with van der Waals surface area (Å²) in [5.41, 5.74) is 6.16. The van der Waals surface area contributed by atoms with E-state index in [2.05, 4.69) is 31.9 Å². The third-order valence-corrected chi connectivity index (χ3v) is 10.2. The molecule has 24 heteroatoms. The van der Waals surface area contributed by atoms with E-state index in [0.717, 1.165) is 0 Å². The van der Waals surface area contributed by atoms with E-state index in [1.165, 1.54) is 0 Å². The number of Topliss-reactive ketones (excluding diaryl/α,β-unsaturated/α-hetero) is 1. The molecule has 0 radical (unpaired) electrons. The van der Waals surface area contributed by atoms with Crippen LogP contribution in [0.4, 0.5) is 10.5 Å². The van der Waals surface area contributed by atoms with Gasteiger partial charge in [0.05, 0.1) is 58.8 Å². The van der Waals surface area contributed by atoms with E-state index in [9.17, 15) is 58.2 Å². The highest BCUT2D eigenvalue weighted by Gasteiger charge is 2.33. The second-order valence-electron chi connectivity index (χ2n) is 17.3. The number of nitrogens with two attached hydrogens (primary N) is 1. The van der Waals surface area contributed by atoms with Gasteiger partial charge in [-0.25, -0.2) is 4.79 Å². The van der Waals surface area contributed by atoms with Crippen LogP contribution in [0.25, 0.3) is 0 Å². The van der Waals surface area contributed by atoms with Crippen molar-refractivity contribution in [3.63, 3.8) is 0 Å². The minimum absolute atomic E-state index is 0.0000205. The van der Waals surface area contributed by atoms with E-state index in [0.29, 0.717) is 44.1 Å². The molecule has 71 heavy (non-hydrogen) atoms. The van der Waals surface area contributed by atoms with Crippen LogP contribution in [0.2, 0.25) is 0 Å². The number of hydrogen-bond donors (Lipinski definition) is 9. The Morgan fingerprint density at radius 2 is 1.03 bits per heavy atom. The number of aliphatic carboxylic acids is 2. The molecule has 0 unspecified atom stereocenters. The van der Waals surface area contributed by atoms with Crippen LogP contribution in [0.1, 0.15) is 98.5 Å². The van der Waals surface area contributed by atoms with Gasteiger partial charge in [-0.2, -0.15) is 0 Å². The third-order valence-electron chi connectivity index (χ3n) is 10.2. The number of carbonyl (C=O) groups is 10. The van der Waals surface area contributed by atoms with Crippen molar-refractivity contribution in [3.05, 3.63) is 29.8 Å². The Bertz CT molecular complexity index is 1860. The molecule has 0 saturated heterocycles. The number of amides is 7. The van der Waals surface area contributed by atoms with E-state index >= 15 is 0 Å². The number of ether oxygens (including phenoxy) is 5.